The van der Waals surface area contributed by atoms with Crippen molar-refractivity contribution in [2.45, 2.75) is 32.4 Å². The molecule has 1 aromatic rings. The van der Waals surface area contributed by atoms with Gasteiger partial charge in [-0.3, -0.25) is 11.3 Å². The van der Waals surface area contributed by atoms with Gasteiger partial charge in [0.05, 0.1) is 12.7 Å². The van der Waals surface area contributed by atoms with Crippen molar-refractivity contribution in [1.82, 2.24) is 5.43 Å². The summed E-state index contributed by atoms with van der Waals surface area (Å²) in [4.78, 5) is 0. The molecule has 0 saturated carbocycles. The molecule has 0 amide bonds. The largest absolute Gasteiger partial charge is 0.377 e. The number of hydrogen-bond acceptors (Lipinski definition) is 3. The molecule has 0 saturated heterocycles. The quantitative estimate of drug-likeness (QED) is 0.592. The molecule has 1 unspecified atom stereocenters. The van der Waals surface area contributed by atoms with Crippen LogP contribution < -0.4 is 11.3 Å². The summed E-state index contributed by atoms with van der Waals surface area (Å²) in [7, 11) is 0. The molecule has 1 atom stereocenters. The van der Waals surface area contributed by atoms with E-state index in [1.165, 1.54) is 12.1 Å². The van der Waals surface area contributed by atoms with Gasteiger partial charge in [0.2, 0.25) is 0 Å². The number of halogens is 2. The van der Waals surface area contributed by atoms with Crippen LogP contribution in [0.5, 0.6) is 0 Å². The van der Waals surface area contributed by atoms with Crippen molar-refractivity contribution in [2.75, 3.05) is 6.61 Å². The predicted molar refractivity (Wildman–Crippen MR) is 62.3 cm³/mol. The highest BCUT2D eigenvalue weighted by molar-refractivity contribution is 5.18. The molecule has 1 aromatic carbocycles. The van der Waals surface area contributed by atoms with Gasteiger partial charge in [0.1, 0.15) is 11.6 Å². The summed E-state index contributed by atoms with van der Waals surface area (Å²) in [6.07, 6.45) is 0.507. The zero-order chi connectivity index (χ0) is 12.8. The van der Waals surface area contributed by atoms with Gasteiger partial charge in [-0.15, -0.1) is 0 Å². The molecular formula is C12H18F2N2O. The Bertz CT molecular complexity index is 338. The number of nitrogens with one attached hydrogen (secondary N) is 1. The summed E-state index contributed by atoms with van der Waals surface area (Å²) < 4.78 is 31.3. The van der Waals surface area contributed by atoms with Crippen molar-refractivity contribution in [2.24, 2.45) is 5.84 Å². The molecule has 0 bridgehead atoms. The highest BCUT2D eigenvalue weighted by Crippen LogP contribution is 2.10. The number of ether oxygens (including phenoxy) is 1. The first kappa shape index (κ1) is 14.0. The summed E-state index contributed by atoms with van der Waals surface area (Å²) in [5.41, 5.74) is 3.13. The topological polar surface area (TPSA) is 47.3 Å². The van der Waals surface area contributed by atoms with Crippen LogP contribution in [0, 0.1) is 11.6 Å². The zero-order valence-electron chi connectivity index (χ0n) is 10.0. The monoisotopic (exact) mass is 244 g/mol. The van der Waals surface area contributed by atoms with Crippen molar-refractivity contribution >= 4 is 0 Å². The van der Waals surface area contributed by atoms with Gasteiger partial charge < -0.3 is 4.74 Å². The molecule has 0 aliphatic heterocycles. The summed E-state index contributed by atoms with van der Waals surface area (Å²) in [5.74, 6) is 4.20. The minimum Gasteiger partial charge on any atom is -0.377 e. The van der Waals surface area contributed by atoms with E-state index in [2.05, 4.69) is 5.43 Å². The summed E-state index contributed by atoms with van der Waals surface area (Å²) >= 11 is 0. The fraction of sp³-hybridized carbons (Fsp3) is 0.500. The van der Waals surface area contributed by atoms with Gasteiger partial charge in [-0.25, -0.2) is 8.78 Å². The van der Waals surface area contributed by atoms with E-state index in [1.807, 2.05) is 13.8 Å². The van der Waals surface area contributed by atoms with Crippen LogP contribution in [0.25, 0.3) is 0 Å². The minimum absolute atomic E-state index is 0.0927. The normalized spacial score (nSPS) is 13.1. The third kappa shape index (κ3) is 5.21. The summed E-state index contributed by atoms with van der Waals surface area (Å²) in [5, 5.41) is 0. The average molecular weight is 244 g/mol. The van der Waals surface area contributed by atoms with E-state index in [-0.39, 0.29) is 12.1 Å². The number of hydrogen-bond donors (Lipinski definition) is 2. The molecule has 0 radical (unpaired) electrons. The second-order valence-corrected chi connectivity index (χ2v) is 4.23. The molecule has 3 N–H and O–H groups in total. The molecular weight excluding hydrogens is 226 g/mol. The second-order valence-electron chi connectivity index (χ2n) is 4.23. The predicted octanol–water partition coefficient (Wildman–Crippen LogP) is 1.76. The van der Waals surface area contributed by atoms with Crippen molar-refractivity contribution in [1.29, 1.82) is 0 Å². The van der Waals surface area contributed by atoms with Gasteiger partial charge in [0.25, 0.3) is 0 Å². The number of benzene rings is 1. The van der Waals surface area contributed by atoms with Gasteiger partial charge in [0, 0.05) is 12.1 Å². The minimum atomic E-state index is -0.583. The van der Waals surface area contributed by atoms with Crippen LogP contribution in [0.1, 0.15) is 19.4 Å². The Balaban J connectivity index is 2.60. The van der Waals surface area contributed by atoms with Crippen LogP contribution in [0.3, 0.4) is 0 Å². The molecule has 96 valence electrons. The zero-order valence-corrected chi connectivity index (χ0v) is 10.0. The van der Waals surface area contributed by atoms with Gasteiger partial charge in [-0.2, -0.15) is 0 Å². The summed E-state index contributed by atoms with van der Waals surface area (Å²) in [6.45, 7) is 4.22. The lowest BCUT2D eigenvalue weighted by Crippen LogP contribution is -2.40. The smallest absolute Gasteiger partial charge is 0.126 e. The third-order valence-corrected chi connectivity index (χ3v) is 2.27. The maximum Gasteiger partial charge on any atom is 0.126 e. The lowest BCUT2D eigenvalue weighted by atomic mass is 10.1. The summed E-state index contributed by atoms with van der Waals surface area (Å²) in [6, 6.07) is 3.27. The number of nitrogens with two attached hydrogens (primary N) is 1. The first-order valence-corrected chi connectivity index (χ1v) is 5.54. The highest BCUT2D eigenvalue weighted by atomic mass is 19.1. The Kier molecular flexibility index (Phi) is 5.47. The van der Waals surface area contributed by atoms with E-state index in [9.17, 15) is 8.78 Å². The molecule has 0 heterocycles. The van der Waals surface area contributed by atoms with E-state index in [0.29, 0.717) is 18.6 Å². The van der Waals surface area contributed by atoms with E-state index in [4.69, 9.17) is 10.6 Å². The third-order valence-electron chi connectivity index (χ3n) is 2.27. The maximum atomic E-state index is 13.0. The lowest BCUT2D eigenvalue weighted by molar-refractivity contribution is 0.0613. The standard InChI is InChI=1S/C12H18F2N2O/c1-8(2)17-7-12(16-15)5-9-3-10(13)6-11(14)4-9/h3-4,6,8,12,16H,5,7,15H2,1-2H3. The molecule has 1 rings (SSSR count). The fourth-order valence-corrected chi connectivity index (χ4v) is 1.49. The van der Waals surface area contributed by atoms with Crippen LogP contribution >= 0.6 is 0 Å². The van der Waals surface area contributed by atoms with Gasteiger partial charge in [-0.1, -0.05) is 0 Å². The first-order valence-electron chi connectivity index (χ1n) is 5.54. The van der Waals surface area contributed by atoms with Crippen LogP contribution in [-0.4, -0.2) is 18.8 Å². The van der Waals surface area contributed by atoms with Gasteiger partial charge >= 0.3 is 0 Å². The molecule has 3 nitrogen and oxygen atoms in total. The van der Waals surface area contributed by atoms with Crippen molar-refractivity contribution in [3.63, 3.8) is 0 Å². The fourth-order valence-electron chi connectivity index (χ4n) is 1.49. The van der Waals surface area contributed by atoms with Crippen molar-refractivity contribution in [3.05, 3.63) is 35.4 Å². The van der Waals surface area contributed by atoms with Crippen LogP contribution in [0.2, 0.25) is 0 Å². The Morgan fingerprint density at radius 3 is 2.29 bits per heavy atom. The molecule has 0 aliphatic rings. The maximum absolute atomic E-state index is 13.0. The van der Waals surface area contributed by atoms with E-state index >= 15 is 0 Å². The van der Waals surface area contributed by atoms with E-state index < -0.39 is 11.6 Å². The molecule has 0 aromatic heterocycles. The second kappa shape index (κ2) is 6.64. The molecule has 0 fully saturated rings. The first-order chi connectivity index (χ1) is 8.01. The van der Waals surface area contributed by atoms with Gasteiger partial charge in [-0.05, 0) is 38.0 Å². The lowest BCUT2D eigenvalue weighted by Gasteiger charge is -2.17. The van der Waals surface area contributed by atoms with E-state index in [1.54, 1.807) is 0 Å². The molecule has 5 heteroatoms. The average Bonchev–Trinajstić information content (AvgIpc) is 2.22. The van der Waals surface area contributed by atoms with Crippen LogP contribution in [0.15, 0.2) is 18.2 Å². The van der Waals surface area contributed by atoms with Gasteiger partial charge in [0.15, 0.2) is 0 Å². The Labute approximate surface area is 99.9 Å². The Morgan fingerprint density at radius 1 is 1.24 bits per heavy atom. The Hall–Kier alpha value is -1.04. The van der Waals surface area contributed by atoms with Crippen molar-refractivity contribution in [3.8, 4) is 0 Å². The Morgan fingerprint density at radius 2 is 1.82 bits per heavy atom. The number of hydrazine groups is 1. The van der Waals surface area contributed by atoms with E-state index in [0.717, 1.165) is 6.07 Å². The highest BCUT2D eigenvalue weighted by Gasteiger charge is 2.10. The van der Waals surface area contributed by atoms with Crippen molar-refractivity contribution < 1.29 is 13.5 Å². The number of rotatable bonds is 6. The molecule has 0 aliphatic carbocycles. The SMILES string of the molecule is CC(C)OCC(Cc1cc(F)cc(F)c1)NN. The van der Waals surface area contributed by atoms with Crippen LogP contribution in [0.4, 0.5) is 8.78 Å². The molecule has 17 heavy (non-hydrogen) atoms. The molecule has 0 spiro atoms. The van der Waals surface area contributed by atoms with Crippen LogP contribution in [-0.2, 0) is 11.2 Å².